The van der Waals surface area contributed by atoms with Crippen LogP contribution in [0.3, 0.4) is 0 Å². The summed E-state index contributed by atoms with van der Waals surface area (Å²) in [4.78, 5) is 2.97. The van der Waals surface area contributed by atoms with E-state index in [0.29, 0.717) is 47.7 Å². The van der Waals surface area contributed by atoms with Gasteiger partial charge in [0.25, 0.3) is 0 Å². The van der Waals surface area contributed by atoms with E-state index in [1.165, 1.54) is 50.1 Å². The van der Waals surface area contributed by atoms with Crippen molar-refractivity contribution in [1.29, 1.82) is 0 Å². The molecule has 2 heterocycles. The summed E-state index contributed by atoms with van der Waals surface area (Å²) in [5, 5.41) is 1.41. The molecular weight excluding hydrogens is 617 g/mol. The average molecular weight is 665 g/mol. The molecule has 2 aromatic carbocycles. The summed E-state index contributed by atoms with van der Waals surface area (Å²) in [7, 11) is 0. The van der Waals surface area contributed by atoms with E-state index in [-0.39, 0.29) is 0 Å². The van der Waals surface area contributed by atoms with Crippen molar-refractivity contribution in [2.45, 2.75) is 69.5 Å². The molecule has 1 fully saturated rings. The van der Waals surface area contributed by atoms with Crippen LogP contribution in [-0.4, -0.2) is 27.6 Å². The second-order valence-electron chi connectivity index (χ2n) is 15.7. The normalized spacial score (nSPS) is 32.1. The zero-order valence-corrected chi connectivity index (χ0v) is 29.7. The van der Waals surface area contributed by atoms with E-state index < -0.39 is 0 Å². The number of rotatable bonds is 5. The van der Waals surface area contributed by atoms with Crippen LogP contribution in [0.4, 0.5) is 0 Å². The minimum Gasteiger partial charge on any atom is -0.313 e. The maximum atomic E-state index is 2.97. The molecule has 0 N–H and O–H groups in total. The van der Waals surface area contributed by atoms with Gasteiger partial charge in [0, 0.05) is 70.1 Å². The summed E-state index contributed by atoms with van der Waals surface area (Å²) >= 11 is 0. The van der Waals surface area contributed by atoms with Gasteiger partial charge in [-0.05, 0) is 79.0 Å². The Balaban J connectivity index is 1.04. The van der Waals surface area contributed by atoms with Crippen molar-refractivity contribution in [3.63, 3.8) is 0 Å². The standard InChI is InChI=1S/C49H48N2/c1-33-43(35-17-7-3-8-18-35)30-38(34-15-5-2-6-16-34)32-48(33)51-46-24-14-11-21-40(46)42-27-25-37(31-49(42)51)36-26-28-47-44(29-36)41-22-12-13-23-45(41)50(47)39-19-9-4-10-20-39/h2-3,5-9,11-12,14-15,17-22,24-30,32-34,37,40,42,46,48-49H,4,10,13,16,23,31H2,1H3. The zero-order valence-electron chi connectivity index (χ0n) is 29.7. The van der Waals surface area contributed by atoms with E-state index in [9.17, 15) is 0 Å². The molecule has 0 radical (unpaired) electrons. The van der Waals surface area contributed by atoms with Crippen molar-refractivity contribution in [3.05, 3.63) is 174 Å². The first kappa shape index (κ1) is 31.1. The van der Waals surface area contributed by atoms with Crippen LogP contribution < -0.4 is 0 Å². The highest BCUT2D eigenvalue weighted by Gasteiger charge is 2.51. The molecule has 10 rings (SSSR count). The van der Waals surface area contributed by atoms with Gasteiger partial charge in [0.05, 0.1) is 5.52 Å². The van der Waals surface area contributed by atoms with Gasteiger partial charge in [0.1, 0.15) is 0 Å². The molecule has 1 saturated heterocycles. The molecule has 0 spiro atoms. The lowest BCUT2D eigenvalue weighted by atomic mass is 9.75. The van der Waals surface area contributed by atoms with E-state index in [2.05, 4.69) is 168 Å². The van der Waals surface area contributed by atoms with E-state index >= 15 is 0 Å². The monoisotopic (exact) mass is 664 g/mol. The zero-order chi connectivity index (χ0) is 33.9. The lowest BCUT2D eigenvalue weighted by Crippen LogP contribution is -2.49. The number of likely N-dealkylation sites (tertiary alicyclic amines) is 1. The van der Waals surface area contributed by atoms with E-state index in [1.54, 1.807) is 0 Å². The molecule has 2 heteroatoms. The number of nitrogens with zero attached hydrogens (tertiary/aromatic N) is 2. The van der Waals surface area contributed by atoms with Crippen LogP contribution >= 0.6 is 0 Å². The Morgan fingerprint density at radius 2 is 1.61 bits per heavy atom. The fourth-order valence-electron chi connectivity index (χ4n) is 10.5. The van der Waals surface area contributed by atoms with Gasteiger partial charge in [0.2, 0.25) is 0 Å². The summed E-state index contributed by atoms with van der Waals surface area (Å²) < 4.78 is 2.56. The first-order valence-electron chi connectivity index (χ1n) is 19.6. The maximum Gasteiger partial charge on any atom is 0.0537 e. The van der Waals surface area contributed by atoms with Crippen LogP contribution in [0.15, 0.2) is 151 Å². The Morgan fingerprint density at radius 3 is 2.47 bits per heavy atom. The molecule has 0 bridgehead atoms. The van der Waals surface area contributed by atoms with Crippen molar-refractivity contribution in [1.82, 2.24) is 9.47 Å². The highest BCUT2D eigenvalue weighted by atomic mass is 15.3. The summed E-state index contributed by atoms with van der Waals surface area (Å²) in [5.41, 5.74) is 11.4. The summed E-state index contributed by atoms with van der Waals surface area (Å²) in [6, 6.07) is 19.8. The van der Waals surface area contributed by atoms with Crippen LogP contribution in [0.1, 0.15) is 67.3 Å². The largest absolute Gasteiger partial charge is 0.313 e. The van der Waals surface area contributed by atoms with Crippen molar-refractivity contribution < 1.29 is 0 Å². The van der Waals surface area contributed by atoms with Gasteiger partial charge >= 0.3 is 0 Å². The fraction of sp³-hybridized carbons (Fsp3) is 0.306. The third-order valence-corrected chi connectivity index (χ3v) is 13.0. The summed E-state index contributed by atoms with van der Waals surface area (Å²) in [6.45, 7) is 2.49. The Kier molecular flexibility index (Phi) is 7.83. The van der Waals surface area contributed by atoms with Crippen LogP contribution in [0, 0.1) is 23.7 Å². The molecule has 8 unspecified atom stereocenters. The van der Waals surface area contributed by atoms with Gasteiger partial charge in [-0.2, -0.15) is 0 Å². The summed E-state index contributed by atoms with van der Waals surface area (Å²) in [5.74, 6) is 2.24. The minimum absolute atomic E-state index is 0.329. The molecule has 254 valence electrons. The molecule has 8 atom stereocenters. The lowest BCUT2D eigenvalue weighted by Gasteiger charge is -2.44. The molecule has 51 heavy (non-hydrogen) atoms. The Hall–Kier alpha value is -4.66. The van der Waals surface area contributed by atoms with Crippen molar-refractivity contribution in [2.24, 2.45) is 23.7 Å². The highest BCUT2D eigenvalue weighted by molar-refractivity contribution is 5.95. The van der Waals surface area contributed by atoms with Crippen molar-refractivity contribution in [2.75, 3.05) is 0 Å². The Bertz CT molecular complexity index is 2170. The number of hydrogen-bond acceptors (Lipinski definition) is 1. The van der Waals surface area contributed by atoms with Crippen molar-refractivity contribution >= 4 is 28.2 Å². The van der Waals surface area contributed by atoms with Crippen LogP contribution in [0.2, 0.25) is 0 Å². The van der Waals surface area contributed by atoms with E-state index in [1.807, 2.05) is 0 Å². The minimum atomic E-state index is 0.329. The molecule has 7 aliphatic rings. The average Bonchev–Trinajstić information content (AvgIpc) is 3.71. The molecule has 2 nitrogen and oxygen atoms in total. The highest BCUT2D eigenvalue weighted by Crippen LogP contribution is 2.51. The van der Waals surface area contributed by atoms with Gasteiger partial charge in [-0.25, -0.2) is 0 Å². The predicted molar refractivity (Wildman–Crippen MR) is 215 cm³/mol. The van der Waals surface area contributed by atoms with Gasteiger partial charge in [0.15, 0.2) is 0 Å². The molecule has 3 aromatic rings. The second-order valence-corrected chi connectivity index (χ2v) is 15.7. The maximum absolute atomic E-state index is 2.97. The predicted octanol–water partition coefficient (Wildman–Crippen LogP) is 11.4. The molecule has 0 saturated carbocycles. The van der Waals surface area contributed by atoms with Gasteiger partial charge in [-0.3, -0.25) is 4.90 Å². The first-order valence-corrected chi connectivity index (χ1v) is 19.6. The quantitative estimate of drug-likeness (QED) is 0.247. The van der Waals surface area contributed by atoms with Crippen molar-refractivity contribution in [3.8, 4) is 0 Å². The number of allylic oxidation sites excluding steroid dienone is 14. The van der Waals surface area contributed by atoms with Gasteiger partial charge in [-0.15, -0.1) is 0 Å². The number of benzene rings is 2. The third kappa shape index (κ3) is 5.25. The molecule has 1 aliphatic heterocycles. The van der Waals surface area contributed by atoms with E-state index in [0.717, 1.165) is 38.5 Å². The van der Waals surface area contributed by atoms with Crippen LogP contribution in [-0.2, 0) is 6.42 Å². The Labute approximate surface area is 303 Å². The smallest absolute Gasteiger partial charge is 0.0537 e. The molecule has 1 aromatic heterocycles. The van der Waals surface area contributed by atoms with Gasteiger partial charge in [-0.1, -0.05) is 141 Å². The molecule has 6 aliphatic carbocycles. The van der Waals surface area contributed by atoms with Crippen LogP contribution in [0.25, 0.3) is 28.2 Å². The fourth-order valence-corrected chi connectivity index (χ4v) is 10.5. The lowest BCUT2D eigenvalue weighted by molar-refractivity contribution is 0.132. The second kappa shape index (κ2) is 12.8. The van der Waals surface area contributed by atoms with Gasteiger partial charge < -0.3 is 4.57 Å². The number of hydrogen-bond donors (Lipinski definition) is 0. The molecular formula is C49H48N2. The first-order chi connectivity index (χ1) is 25.2. The topological polar surface area (TPSA) is 8.17 Å². The number of aromatic nitrogens is 1. The SMILES string of the molecule is CC1C(c2ccccc2)=CC(C2C=CC=CC2)=CC1N1C2C=CC=CC2C2C=CC(c3ccc4c(c3)c3c(n4C4=CCCC=C4)CCC=C3)CC21. The van der Waals surface area contributed by atoms with E-state index in [4.69, 9.17) is 0 Å². The van der Waals surface area contributed by atoms with Crippen LogP contribution in [0.5, 0.6) is 0 Å². The third-order valence-electron chi connectivity index (χ3n) is 13.0. The Morgan fingerprint density at radius 1 is 0.725 bits per heavy atom. The summed E-state index contributed by atoms with van der Waals surface area (Å²) in [6.07, 6.45) is 47.8. The number of fused-ring (bicyclic) bond motifs is 6. The molecule has 0 amide bonds.